The fraction of sp³-hybridized carbons (Fsp3) is 0.789. The highest BCUT2D eigenvalue weighted by Gasteiger charge is 2.19. The van der Waals surface area contributed by atoms with Crippen molar-refractivity contribution in [3.63, 3.8) is 0 Å². The van der Waals surface area contributed by atoms with Crippen LogP contribution < -0.4 is 10.7 Å². The van der Waals surface area contributed by atoms with Crippen molar-refractivity contribution >= 4 is 0 Å². The summed E-state index contributed by atoms with van der Waals surface area (Å²) < 4.78 is 0. The Balaban J connectivity index is 2.06. The molecule has 128 valence electrons. The predicted molar refractivity (Wildman–Crippen MR) is 97.9 cm³/mol. The van der Waals surface area contributed by atoms with Gasteiger partial charge >= 0.3 is 0 Å². The van der Waals surface area contributed by atoms with Gasteiger partial charge in [0.1, 0.15) is 0 Å². The SMILES string of the molecule is CCC1CCCCN1NCCNC/C=C(\C)CCC=C(C)C. The lowest BCUT2D eigenvalue weighted by atomic mass is 10.0. The van der Waals surface area contributed by atoms with Gasteiger partial charge in [0.25, 0.3) is 0 Å². The van der Waals surface area contributed by atoms with Crippen LogP contribution in [0.2, 0.25) is 0 Å². The Kier molecular flexibility index (Phi) is 10.5. The van der Waals surface area contributed by atoms with E-state index in [1.54, 1.807) is 0 Å². The average Bonchev–Trinajstić information content (AvgIpc) is 2.50. The molecule has 0 radical (unpaired) electrons. The van der Waals surface area contributed by atoms with Gasteiger partial charge in [-0.05, 0) is 52.9 Å². The third-order valence-corrected chi connectivity index (χ3v) is 4.40. The summed E-state index contributed by atoms with van der Waals surface area (Å²) in [5.41, 5.74) is 6.50. The number of hydrogen-bond acceptors (Lipinski definition) is 3. The molecule has 0 saturated carbocycles. The first-order valence-electron chi connectivity index (χ1n) is 9.13. The first-order chi connectivity index (χ1) is 10.6. The van der Waals surface area contributed by atoms with Crippen LogP contribution in [0.15, 0.2) is 23.3 Å². The summed E-state index contributed by atoms with van der Waals surface area (Å²) in [5.74, 6) is 0. The molecular weight excluding hydrogens is 270 g/mol. The molecule has 1 saturated heterocycles. The molecule has 3 nitrogen and oxygen atoms in total. The van der Waals surface area contributed by atoms with Crippen LogP contribution in [0.4, 0.5) is 0 Å². The van der Waals surface area contributed by atoms with Crippen LogP contribution in [-0.4, -0.2) is 37.2 Å². The minimum Gasteiger partial charge on any atom is -0.312 e. The summed E-state index contributed by atoms with van der Waals surface area (Å²) in [6, 6.07) is 0.742. The van der Waals surface area contributed by atoms with E-state index in [4.69, 9.17) is 0 Å². The second-order valence-corrected chi connectivity index (χ2v) is 6.73. The van der Waals surface area contributed by atoms with Gasteiger partial charge in [-0.2, -0.15) is 0 Å². The highest BCUT2D eigenvalue weighted by atomic mass is 15.5. The number of nitrogens with zero attached hydrogens (tertiary/aromatic N) is 1. The standard InChI is InChI=1S/C19H37N3/c1-5-19-11-6-7-16-22(19)21-15-14-20-13-12-18(4)10-8-9-17(2)3/h9,12,19-21H,5-8,10-11,13-16H2,1-4H3/b18-12+. The van der Waals surface area contributed by atoms with Crippen molar-refractivity contribution in [2.75, 3.05) is 26.2 Å². The maximum Gasteiger partial charge on any atom is 0.0240 e. The Bertz CT molecular complexity index is 343. The number of nitrogens with one attached hydrogen (secondary N) is 2. The van der Waals surface area contributed by atoms with E-state index < -0.39 is 0 Å². The summed E-state index contributed by atoms with van der Waals surface area (Å²) in [7, 11) is 0. The van der Waals surface area contributed by atoms with Gasteiger partial charge in [-0.1, -0.05) is 36.6 Å². The lowest BCUT2D eigenvalue weighted by Crippen LogP contribution is -2.50. The van der Waals surface area contributed by atoms with Gasteiger partial charge in [-0.3, -0.25) is 5.43 Å². The molecule has 0 spiro atoms. The van der Waals surface area contributed by atoms with Crippen LogP contribution in [0.5, 0.6) is 0 Å². The molecule has 1 heterocycles. The number of allylic oxidation sites excluding steroid dienone is 3. The van der Waals surface area contributed by atoms with Crippen LogP contribution in [0.25, 0.3) is 0 Å². The summed E-state index contributed by atoms with van der Waals surface area (Å²) in [4.78, 5) is 0. The van der Waals surface area contributed by atoms with E-state index >= 15 is 0 Å². The van der Waals surface area contributed by atoms with E-state index in [-0.39, 0.29) is 0 Å². The van der Waals surface area contributed by atoms with Gasteiger partial charge in [0.15, 0.2) is 0 Å². The van der Waals surface area contributed by atoms with Crippen molar-refractivity contribution in [2.45, 2.75) is 72.3 Å². The normalized spacial score (nSPS) is 20.2. The van der Waals surface area contributed by atoms with Gasteiger partial charge in [-0.15, -0.1) is 0 Å². The van der Waals surface area contributed by atoms with Crippen LogP contribution in [0, 0.1) is 0 Å². The molecule has 1 rings (SSSR count). The van der Waals surface area contributed by atoms with E-state index in [2.05, 4.69) is 55.6 Å². The predicted octanol–water partition coefficient (Wildman–Crippen LogP) is 4.04. The van der Waals surface area contributed by atoms with Crippen molar-refractivity contribution in [1.29, 1.82) is 0 Å². The molecule has 1 fully saturated rings. The molecule has 22 heavy (non-hydrogen) atoms. The van der Waals surface area contributed by atoms with Gasteiger partial charge in [0.2, 0.25) is 0 Å². The second kappa shape index (κ2) is 11.9. The summed E-state index contributed by atoms with van der Waals surface area (Å²) in [5, 5.41) is 5.97. The maximum atomic E-state index is 3.60. The first-order valence-corrected chi connectivity index (χ1v) is 9.13. The van der Waals surface area contributed by atoms with Crippen molar-refractivity contribution in [3.05, 3.63) is 23.3 Å². The number of hydrazine groups is 1. The maximum absolute atomic E-state index is 3.60. The quantitative estimate of drug-likeness (QED) is 0.471. The van der Waals surface area contributed by atoms with Gasteiger partial charge in [0.05, 0.1) is 0 Å². The smallest absolute Gasteiger partial charge is 0.0240 e. The van der Waals surface area contributed by atoms with E-state index in [9.17, 15) is 0 Å². The molecule has 0 aliphatic carbocycles. The van der Waals surface area contributed by atoms with Crippen LogP contribution in [-0.2, 0) is 0 Å². The lowest BCUT2D eigenvalue weighted by Gasteiger charge is -2.35. The van der Waals surface area contributed by atoms with Crippen molar-refractivity contribution in [3.8, 4) is 0 Å². The zero-order chi connectivity index (χ0) is 16.2. The van der Waals surface area contributed by atoms with E-state index in [1.165, 1.54) is 56.2 Å². The minimum atomic E-state index is 0.742. The Hall–Kier alpha value is -0.640. The highest BCUT2D eigenvalue weighted by molar-refractivity contribution is 5.02. The van der Waals surface area contributed by atoms with Gasteiger partial charge in [0, 0.05) is 32.2 Å². The number of hydrogen-bond donors (Lipinski definition) is 2. The molecule has 1 atom stereocenters. The molecule has 1 aliphatic rings. The second-order valence-electron chi connectivity index (χ2n) is 6.73. The zero-order valence-electron chi connectivity index (χ0n) is 15.3. The van der Waals surface area contributed by atoms with E-state index in [0.29, 0.717) is 0 Å². The molecule has 0 amide bonds. The third-order valence-electron chi connectivity index (χ3n) is 4.40. The van der Waals surface area contributed by atoms with E-state index in [0.717, 1.165) is 25.7 Å². The Labute approximate surface area is 138 Å². The molecular formula is C19H37N3. The fourth-order valence-corrected chi connectivity index (χ4v) is 2.96. The Morgan fingerprint density at radius 2 is 1.95 bits per heavy atom. The Morgan fingerprint density at radius 1 is 1.14 bits per heavy atom. The molecule has 1 unspecified atom stereocenters. The molecule has 1 aliphatic heterocycles. The molecule has 3 heteroatoms. The third kappa shape index (κ3) is 8.72. The van der Waals surface area contributed by atoms with Crippen LogP contribution in [0.3, 0.4) is 0 Å². The van der Waals surface area contributed by atoms with Gasteiger partial charge in [-0.25, -0.2) is 5.01 Å². The summed E-state index contributed by atoms with van der Waals surface area (Å²) in [6.07, 6.45) is 12.3. The molecule has 0 aromatic heterocycles. The van der Waals surface area contributed by atoms with Crippen molar-refractivity contribution in [1.82, 2.24) is 15.8 Å². The van der Waals surface area contributed by atoms with Crippen molar-refractivity contribution in [2.24, 2.45) is 0 Å². The van der Waals surface area contributed by atoms with Crippen LogP contribution in [0.1, 0.15) is 66.2 Å². The summed E-state index contributed by atoms with van der Waals surface area (Å²) in [6.45, 7) is 13.1. The van der Waals surface area contributed by atoms with Gasteiger partial charge < -0.3 is 5.32 Å². The monoisotopic (exact) mass is 307 g/mol. The molecule has 0 aromatic rings. The minimum absolute atomic E-state index is 0.742. The van der Waals surface area contributed by atoms with E-state index in [1.807, 2.05) is 0 Å². The first kappa shape index (κ1) is 19.4. The molecule has 0 bridgehead atoms. The zero-order valence-corrected chi connectivity index (χ0v) is 15.3. The van der Waals surface area contributed by atoms with Crippen molar-refractivity contribution < 1.29 is 0 Å². The fourth-order valence-electron chi connectivity index (χ4n) is 2.96. The largest absolute Gasteiger partial charge is 0.312 e. The topological polar surface area (TPSA) is 27.3 Å². The highest BCUT2D eigenvalue weighted by Crippen LogP contribution is 2.16. The average molecular weight is 308 g/mol. The lowest BCUT2D eigenvalue weighted by molar-refractivity contribution is 0.0840. The molecule has 0 aromatic carbocycles. The summed E-state index contributed by atoms with van der Waals surface area (Å²) >= 11 is 0. The molecule has 2 N–H and O–H groups in total. The number of rotatable bonds is 10. The number of piperidine rings is 1. The van der Waals surface area contributed by atoms with Crippen LogP contribution >= 0.6 is 0 Å². The Morgan fingerprint density at radius 3 is 2.68 bits per heavy atom.